The fourth-order valence-corrected chi connectivity index (χ4v) is 10.3. The molecule has 40 heavy (non-hydrogen) atoms. The molecule has 0 fully saturated rings. The van der Waals surface area contributed by atoms with Gasteiger partial charge >= 0.3 is 0 Å². The predicted molar refractivity (Wildman–Crippen MR) is 189 cm³/mol. The summed E-state index contributed by atoms with van der Waals surface area (Å²) in [6.07, 6.45) is 20.6. The fourth-order valence-electron chi connectivity index (χ4n) is 4.98. The Morgan fingerprint density at radius 2 is 0.875 bits per heavy atom. The van der Waals surface area contributed by atoms with E-state index < -0.39 is 0 Å². The van der Waals surface area contributed by atoms with Crippen molar-refractivity contribution in [2.45, 2.75) is 117 Å². The van der Waals surface area contributed by atoms with E-state index in [9.17, 15) is 0 Å². The van der Waals surface area contributed by atoms with Crippen LogP contribution in [-0.2, 0) is 12.8 Å². The van der Waals surface area contributed by atoms with Crippen LogP contribution in [0, 0.1) is 0 Å². The van der Waals surface area contributed by atoms with E-state index in [-0.39, 0.29) is 0 Å². The number of aryl methyl sites for hydroxylation is 2. The molecule has 4 aromatic rings. The van der Waals surface area contributed by atoms with Crippen molar-refractivity contribution in [3.05, 3.63) is 43.2 Å². The third-order valence-corrected chi connectivity index (χ3v) is 13.2. The Bertz CT molecular complexity index is 1190. The molecule has 0 amide bonds. The normalized spacial score (nSPS) is 11.6. The van der Waals surface area contributed by atoms with E-state index >= 15 is 0 Å². The second-order valence-electron chi connectivity index (χ2n) is 10.5. The molecule has 2 nitrogen and oxygen atoms in total. The fraction of sp³-hybridized carbons (Fsp3) is 0.562. The zero-order chi connectivity index (χ0) is 28.2. The van der Waals surface area contributed by atoms with Gasteiger partial charge in [-0.25, -0.2) is 9.97 Å². The number of hydrogen-bond acceptors (Lipinski definition) is 6. The molecule has 4 heterocycles. The number of thiophene rings is 2. The highest BCUT2D eigenvalue weighted by Gasteiger charge is 2.21. The Morgan fingerprint density at radius 1 is 0.500 bits per heavy atom. The molecule has 0 spiro atoms. The second kappa shape index (κ2) is 17.7. The molecule has 4 rings (SSSR count). The van der Waals surface area contributed by atoms with Crippen molar-refractivity contribution < 1.29 is 0 Å². The number of nitrogens with zero attached hydrogens (tertiary/aromatic N) is 2. The maximum absolute atomic E-state index is 5.26. The summed E-state index contributed by atoms with van der Waals surface area (Å²) in [5.74, 6) is 0. The lowest BCUT2D eigenvalue weighted by molar-refractivity contribution is 0.588. The van der Waals surface area contributed by atoms with Gasteiger partial charge in [0.05, 0.1) is 28.7 Å². The molecule has 0 aromatic carbocycles. The number of hydrogen-bond donors (Lipinski definition) is 0. The summed E-state index contributed by atoms with van der Waals surface area (Å²) in [6, 6.07) is 8.80. The van der Waals surface area contributed by atoms with Crippen LogP contribution in [0.1, 0.15) is 115 Å². The van der Waals surface area contributed by atoms with Crippen molar-refractivity contribution in [3.8, 4) is 29.5 Å². The molecule has 0 unspecified atom stereocenters. The summed E-state index contributed by atoms with van der Waals surface area (Å²) < 4.78 is 2.35. The van der Waals surface area contributed by atoms with Gasteiger partial charge in [0.1, 0.15) is 0 Å². The predicted octanol–water partition coefficient (Wildman–Crippen LogP) is 13.8. The molecule has 0 N–H and O–H groups in total. The Kier molecular flexibility index (Phi) is 14.4. The molecule has 0 saturated heterocycles. The molecule has 0 aliphatic rings. The van der Waals surface area contributed by atoms with Crippen molar-refractivity contribution in [3.63, 3.8) is 0 Å². The number of unbranched alkanes of at least 4 members (excludes halogenated alkanes) is 12. The Morgan fingerprint density at radius 3 is 1.23 bits per heavy atom. The highest BCUT2D eigenvalue weighted by Crippen LogP contribution is 2.45. The highest BCUT2D eigenvalue weighted by atomic mass is 79.9. The average molecular weight is 743 g/mol. The molecule has 0 aliphatic carbocycles. The maximum Gasteiger partial charge on any atom is 0.153 e. The van der Waals surface area contributed by atoms with E-state index in [4.69, 9.17) is 9.97 Å². The Hall–Kier alpha value is -0.380. The van der Waals surface area contributed by atoms with Gasteiger partial charge in [0.2, 0.25) is 0 Å². The van der Waals surface area contributed by atoms with Crippen LogP contribution >= 0.6 is 77.2 Å². The van der Waals surface area contributed by atoms with Gasteiger partial charge in [0, 0.05) is 9.75 Å². The Labute approximate surface area is 274 Å². The van der Waals surface area contributed by atoms with Crippen LogP contribution in [0.15, 0.2) is 31.8 Å². The maximum atomic E-state index is 5.26. The van der Waals surface area contributed by atoms with Gasteiger partial charge < -0.3 is 0 Å². The monoisotopic (exact) mass is 740 g/mol. The summed E-state index contributed by atoms with van der Waals surface area (Å²) in [5.41, 5.74) is 2.51. The minimum Gasteiger partial charge on any atom is -0.238 e. The van der Waals surface area contributed by atoms with Crippen molar-refractivity contribution in [1.82, 2.24) is 9.97 Å². The summed E-state index contributed by atoms with van der Waals surface area (Å²) >= 11 is 14.7. The van der Waals surface area contributed by atoms with E-state index in [0.29, 0.717) is 0 Å². The first-order valence-electron chi connectivity index (χ1n) is 15.1. The number of aromatic nitrogens is 2. The molecule has 8 heteroatoms. The number of thiazole rings is 2. The van der Waals surface area contributed by atoms with Crippen LogP contribution in [0.25, 0.3) is 29.5 Å². The second-order valence-corrected chi connectivity index (χ2v) is 17.5. The number of halogens is 2. The van der Waals surface area contributed by atoms with Crippen molar-refractivity contribution in [1.29, 1.82) is 0 Å². The minimum atomic E-state index is 1.05. The SMILES string of the molecule is CCCCCCCCCc1nc(-c2nc(CCCCCCCCC)c(-c3ccc(Br)s3)s2)sc1-c1ccc(Br)s1. The molecular formula is C32H42Br2N2S4. The van der Waals surface area contributed by atoms with Gasteiger partial charge in [-0.3, -0.25) is 0 Å². The first-order chi connectivity index (χ1) is 19.6. The van der Waals surface area contributed by atoms with Crippen LogP contribution in [0.2, 0.25) is 0 Å². The molecule has 0 saturated carbocycles. The van der Waals surface area contributed by atoms with E-state index in [2.05, 4.69) is 70.0 Å². The molecular weight excluding hydrogens is 700 g/mol. The van der Waals surface area contributed by atoms with Gasteiger partial charge in [0.25, 0.3) is 0 Å². The van der Waals surface area contributed by atoms with E-state index in [1.54, 1.807) is 0 Å². The lowest BCUT2D eigenvalue weighted by atomic mass is 10.1. The summed E-state index contributed by atoms with van der Waals surface area (Å²) in [4.78, 5) is 15.8. The lowest BCUT2D eigenvalue weighted by Gasteiger charge is -2.02. The zero-order valence-electron chi connectivity index (χ0n) is 23.9. The summed E-state index contributed by atoms with van der Waals surface area (Å²) in [6.45, 7) is 4.57. The van der Waals surface area contributed by atoms with Gasteiger partial charge in [-0.2, -0.15) is 0 Å². The van der Waals surface area contributed by atoms with Crippen LogP contribution in [0.4, 0.5) is 0 Å². The van der Waals surface area contributed by atoms with Crippen LogP contribution in [0.3, 0.4) is 0 Å². The van der Waals surface area contributed by atoms with Crippen molar-refractivity contribution in [2.24, 2.45) is 0 Å². The third-order valence-electron chi connectivity index (χ3n) is 7.21. The molecule has 0 aliphatic heterocycles. The minimum absolute atomic E-state index is 1.05. The van der Waals surface area contributed by atoms with E-state index in [1.807, 2.05) is 45.3 Å². The van der Waals surface area contributed by atoms with Crippen LogP contribution in [0.5, 0.6) is 0 Å². The summed E-state index contributed by atoms with van der Waals surface area (Å²) in [5, 5.41) is 2.18. The highest BCUT2D eigenvalue weighted by molar-refractivity contribution is 9.11. The third kappa shape index (κ3) is 9.84. The standard InChI is InChI=1S/C32H42Br2N2S4/c1-3-5-7-9-11-13-15-17-23-29(25-19-21-27(33)37-25)39-31(35-23)32-36-24(18-16-14-12-10-8-6-4-2)30(40-32)26-20-22-28(34)38-26/h19-22H,3-18H2,1-2H3. The molecule has 218 valence electrons. The first-order valence-corrected chi connectivity index (χ1v) is 20.0. The molecule has 0 bridgehead atoms. The van der Waals surface area contributed by atoms with Gasteiger partial charge in [-0.15, -0.1) is 45.3 Å². The smallest absolute Gasteiger partial charge is 0.153 e. The lowest BCUT2D eigenvalue weighted by Crippen LogP contribution is -1.90. The van der Waals surface area contributed by atoms with Crippen molar-refractivity contribution >= 4 is 77.2 Å². The largest absolute Gasteiger partial charge is 0.238 e. The van der Waals surface area contributed by atoms with E-state index in [0.717, 1.165) is 22.9 Å². The van der Waals surface area contributed by atoms with Crippen LogP contribution in [-0.4, -0.2) is 9.97 Å². The van der Waals surface area contributed by atoms with Gasteiger partial charge in [-0.05, 0) is 81.8 Å². The first kappa shape index (κ1) is 32.5. The van der Waals surface area contributed by atoms with Gasteiger partial charge in [0.15, 0.2) is 10.0 Å². The molecule has 0 radical (unpaired) electrons. The number of rotatable bonds is 19. The zero-order valence-corrected chi connectivity index (χ0v) is 30.3. The van der Waals surface area contributed by atoms with Crippen LogP contribution < -0.4 is 0 Å². The summed E-state index contributed by atoms with van der Waals surface area (Å²) in [7, 11) is 0. The van der Waals surface area contributed by atoms with E-state index in [1.165, 1.54) is 128 Å². The van der Waals surface area contributed by atoms with Gasteiger partial charge in [-0.1, -0.05) is 90.9 Å². The quantitative estimate of drug-likeness (QED) is 0.0894. The molecule has 0 atom stereocenters. The van der Waals surface area contributed by atoms with Crippen molar-refractivity contribution in [2.75, 3.05) is 0 Å². The molecule has 4 aromatic heterocycles. The Balaban J connectivity index is 1.51. The topological polar surface area (TPSA) is 25.8 Å². The average Bonchev–Trinajstić information content (AvgIpc) is 3.74.